The molecule has 0 spiro atoms. The van der Waals surface area contributed by atoms with Gasteiger partial charge in [-0.3, -0.25) is 4.79 Å². The number of rotatable bonds is 11. The van der Waals surface area contributed by atoms with Crippen LogP contribution >= 0.6 is 35.7 Å². The molecule has 1 aromatic rings. The molecule has 148 valence electrons. The highest BCUT2D eigenvalue weighted by Crippen LogP contribution is 2.11. The van der Waals surface area contributed by atoms with Crippen LogP contribution in [0.5, 0.6) is 0 Å². The molecule has 0 radical (unpaired) electrons. The van der Waals surface area contributed by atoms with Gasteiger partial charge in [-0.05, 0) is 55.9 Å². The predicted octanol–water partition coefficient (Wildman–Crippen LogP) is 4.24. The van der Waals surface area contributed by atoms with Crippen LogP contribution in [0, 0.1) is 0 Å². The van der Waals surface area contributed by atoms with E-state index in [2.05, 4.69) is 34.1 Å². The standard InChI is InChI=1S/C19H32N4OS.HI/c1-4-8-18(24)23-17-11-9-16(10-12-17)15-22-19(20-5-2)21-13-6-7-14-25-3;/h9-12H,4-8,13-15H2,1-3H3,(H,23,24)(H2,20,21,22);1H. The first-order chi connectivity index (χ1) is 12.2. The van der Waals surface area contributed by atoms with Gasteiger partial charge in [0.2, 0.25) is 5.91 Å². The molecule has 0 atom stereocenters. The summed E-state index contributed by atoms with van der Waals surface area (Å²) in [5, 5.41) is 9.54. The molecule has 7 heteroatoms. The lowest BCUT2D eigenvalue weighted by Gasteiger charge is -2.11. The molecule has 5 nitrogen and oxygen atoms in total. The molecule has 0 unspecified atom stereocenters. The zero-order valence-electron chi connectivity index (χ0n) is 16.1. The van der Waals surface area contributed by atoms with Crippen LogP contribution in [0.1, 0.15) is 45.1 Å². The van der Waals surface area contributed by atoms with Crippen molar-refractivity contribution in [1.29, 1.82) is 0 Å². The molecular weight excluding hydrogens is 459 g/mol. The molecule has 0 saturated carbocycles. The lowest BCUT2D eigenvalue weighted by molar-refractivity contribution is -0.116. The van der Waals surface area contributed by atoms with Gasteiger partial charge in [0.25, 0.3) is 0 Å². The third-order valence-corrected chi connectivity index (χ3v) is 4.24. The van der Waals surface area contributed by atoms with Gasteiger partial charge < -0.3 is 16.0 Å². The molecule has 26 heavy (non-hydrogen) atoms. The summed E-state index contributed by atoms with van der Waals surface area (Å²) in [6.07, 6.45) is 5.92. The monoisotopic (exact) mass is 492 g/mol. The Balaban J connectivity index is 0.00000625. The Morgan fingerprint density at radius 1 is 1.12 bits per heavy atom. The van der Waals surface area contributed by atoms with E-state index >= 15 is 0 Å². The average molecular weight is 492 g/mol. The Morgan fingerprint density at radius 2 is 1.85 bits per heavy atom. The first-order valence-electron chi connectivity index (χ1n) is 9.09. The summed E-state index contributed by atoms with van der Waals surface area (Å²) in [6, 6.07) is 7.88. The molecule has 0 aliphatic heterocycles. The number of thioether (sulfide) groups is 1. The maximum atomic E-state index is 11.6. The Labute approximate surface area is 179 Å². The summed E-state index contributed by atoms with van der Waals surface area (Å²) in [6.45, 7) is 6.47. The lowest BCUT2D eigenvalue weighted by atomic mass is 10.2. The Bertz CT molecular complexity index is 523. The van der Waals surface area contributed by atoms with Gasteiger partial charge in [0.15, 0.2) is 5.96 Å². The van der Waals surface area contributed by atoms with E-state index in [1.807, 2.05) is 43.0 Å². The number of anilines is 1. The largest absolute Gasteiger partial charge is 0.357 e. The maximum absolute atomic E-state index is 11.6. The number of guanidine groups is 1. The van der Waals surface area contributed by atoms with Crippen LogP contribution in [-0.4, -0.2) is 37.0 Å². The second-order valence-electron chi connectivity index (χ2n) is 5.82. The number of carbonyl (C=O) groups is 1. The van der Waals surface area contributed by atoms with E-state index in [-0.39, 0.29) is 29.9 Å². The van der Waals surface area contributed by atoms with Crippen LogP contribution in [0.25, 0.3) is 0 Å². The van der Waals surface area contributed by atoms with Crippen molar-refractivity contribution in [3.05, 3.63) is 29.8 Å². The van der Waals surface area contributed by atoms with E-state index in [0.29, 0.717) is 13.0 Å². The van der Waals surface area contributed by atoms with E-state index in [9.17, 15) is 4.79 Å². The summed E-state index contributed by atoms with van der Waals surface area (Å²) in [7, 11) is 0. The highest BCUT2D eigenvalue weighted by Gasteiger charge is 2.01. The summed E-state index contributed by atoms with van der Waals surface area (Å²) >= 11 is 1.89. The van der Waals surface area contributed by atoms with Crippen molar-refractivity contribution < 1.29 is 4.79 Å². The molecule has 0 aliphatic rings. The third kappa shape index (κ3) is 11.6. The molecule has 0 fully saturated rings. The zero-order chi connectivity index (χ0) is 18.3. The summed E-state index contributed by atoms with van der Waals surface area (Å²) in [5.74, 6) is 2.12. The van der Waals surface area contributed by atoms with Crippen molar-refractivity contribution in [2.45, 2.75) is 46.1 Å². The van der Waals surface area contributed by atoms with Gasteiger partial charge in [0.05, 0.1) is 6.54 Å². The second-order valence-corrected chi connectivity index (χ2v) is 6.80. The molecule has 0 bridgehead atoms. The fourth-order valence-corrected chi connectivity index (χ4v) is 2.73. The van der Waals surface area contributed by atoms with Gasteiger partial charge in [0.1, 0.15) is 0 Å². The first-order valence-corrected chi connectivity index (χ1v) is 10.5. The number of unbranched alkanes of at least 4 members (excludes halogenated alkanes) is 1. The molecule has 1 aromatic carbocycles. The van der Waals surface area contributed by atoms with Crippen molar-refractivity contribution in [3.63, 3.8) is 0 Å². The van der Waals surface area contributed by atoms with Crippen LogP contribution in [-0.2, 0) is 11.3 Å². The number of nitrogens with zero attached hydrogens (tertiary/aromatic N) is 1. The van der Waals surface area contributed by atoms with E-state index in [0.717, 1.165) is 43.1 Å². The van der Waals surface area contributed by atoms with Crippen LogP contribution in [0.3, 0.4) is 0 Å². The zero-order valence-corrected chi connectivity index (χ0v) is 19.3. The number of aliphatic imine (C=N–C) groups is 1. The SMILES string of the molecule is CCCC(=O)Nc1ccc(CN=C(NCC)NCCCCSC)cc1.I. The van der Waals surface area contributed by atoms with E-state index < -0.39 is 0 Å². The minimum atomic E-state index is 0. The molecule has 1 amide bonds. The molecular formula is C19H33IN4OS. The molecule has 0 aliphatic carbocycles. The number of hydrogen-bond acceptors (Lipinski definition) is 3. The second kappa shape index (κ2) is 16.2. The van der Waals surface area contributed by atoms with Gasteiger partial charge in [0, 0.05) is 25.2 Å². The first kappa shape index (κ1) is 25.0. The quantitative estimate of drug-likeness (QED) is 0.187. The summed E-state index contributed by atoms with van der Waals surface area (Å²) in [4.78, 5) is 16.2. The van der Waals surface area contributed by atoms with Gasteiger partial charge >= 0.3 is 0 Å². The molecule has 0 aromatic heterocycles. The predicted molar refractivity (Wildman–Crippen MR) is 126 cm³/mol. The van der Waals surface area contributed by atoms with Crippen LogP contribution < -0.4 is 16.0 Å². The van der Waals surface area contributed by atoms with Gasteiger partial charge in [-0.25, -0.2) is 4.99 Å². The van der Waals surface area contributed by atoms with Crippen molar-refractivity contribution in [1.82, 2.24) is 10.6 Å². The fraction of sp³-hybridized carbons (Fsp3) is 0.579. The Hall–Kier alpha value is -0.960. The molecule has 0 heterocycles. The van der Waals surface area contributed by atoms with Crippen molar-refractivity contribution in [2.24, 2.45) is 4.99 Å². The lowest BCUT2D eigenvalue weighted by Crippen LogP contribution is -2.37. The fourth-order valence-electron chi connectivity index (χ4n) is 2.23. The number of nitrogens with one attached hydrogen (secondary N) is 3. The minimum absolute atomic E-state index is 0. The van der Waals surface area contributed by atoms with E-state index in [4.69, 9.17) is 0 Å². The van der Waals surface area contributed by atoms with Gasteiger partial charge in [-0.1, -0.05) is 19.1 Å². The van der Waals surface area contributed by atoms with E-state index in [1.54, 1.807) is 0 Å². The highest BCUT2D eigenvalue weighted by molar-refractivity contribution is 14.0. The van der Waals surface area contributed by atoms with Gasteiger partial charge in [-0.2, -0.15) is 11.8 Å². The van der Waals surface area contributed by atoms with E-state index in [1.165, 1.54) is 12.2 Å². The van der Waals surface area contributed by atoms with Crippen LogP contribution in [0.4, 0.5) is 5.69 Å². The smallest absolute Gasteiger partial charge is 0.224 e. The summed E-state index contributed by atoms with van der Waals surface area (Å²) < 4.78 is 0. The topological polar surface area (TPSA) is 65.5 Å². The Kier molecular flexibility index (Phi) is 15.6. The average Bonchev–Trinajstić information content (AvgIpc) is 2.61. The van der Waals surface area contributed by atoms with Crippen LogP contribution in [0.15, 0.2) is 29.3 Å². The number of amides is 1. The minimum Gasteiger partial charge on any atom is -0.357 e. The van der Waals surface area contributed by atoms with Crippen LogP contribution in [0.2, 0.25) is 0 Å². The highest BCUT2D eigenvalue weighted by atomic mass is 127. The normalized spacial score (nSPS) is 10.8. The Morgan fingerprint density at radius 3 is 2.46 bits per heavy atom. The van der Waals surface area contributed by atoms with Gasteiger partial charge in [-0.15, -0.1) is 24.0 Å². The number of carbonyl (C=O) groups excluding carboxylic acids is 1. The molecule has 0 saturated heterocycles. The maximum Gasteiger partial charge on any atom is 0.224 e. The molecule has 3 N–H and O–H groups in total. The van der Waals surface area contributed by atoms with Crippen molar-refractivity contribution >= 4 is 53.3 Å². The number of benzene rings is 1. The number of halogens is 1. The third-order valence-electron chi connectivity index (χ3n) is 3.55. The van der Waals surface area contributed by atoms with Crippen molar-refractivity contribution in [2.75, 3.05) is 30.4 Å². The van der Waals surface area contributed by atoms with Crippen molar-refractivity contribution in [3.8, 4) is 0 Å². The summed E-state index contributed by atoms with van der Waals surface area (Å²) in [5.41, 5.74) is 1.96. The molecule has 1 rings (SSSR count). The number of hydrogen-bond donors (Lipinski definition) is 3.